The molecule has 0 fully saturated rings. The van der Waals surface area contributed by atoms with E-state index in [4.69, 9.17) is 5.11 Å². The van der Waals surface area contributed by atoms with Crippen molar-refractivity contribution < 1.29 is 27.9 Å². The molecule has 0 unspecified atom stereocenters. The number of carboxylic acid groups (broad SMARTS) is 1. The third-order valence-corrected chi connectivity index (χ3v) is 2.43. The molecular formula is C12H14F3N3O3. The van der Waals surface area contributed by atoms with E-state index in [2.05, 4.69) is 9.97 Å². The second-order valence-electron chi connectivity index (χ2n) is 4.34. The van der Waals surface area contributed by atoms with Gasteiger partial charge in [-0.3, -0.25) is 9.59 Å². The number of amides is 1. The summed E-state index contributed by atoms with van der Waals surface area (Å²) in [5.74, 6) is -3.54. The van der Waals surface area contributed by atoms with Crippen LogP contribution in [0.5, 0.6) is 0 Å². The molecule has 1 heterocycles. The molecule has 21 heavy (non-hydrogen) atoms. The molecule has 1 N–H and O–H groups in total. The minimum absolute atomic E-state index is 0.0209. The highest BCUT2D eigenvalue weighted by molar-refractivity contribution is 5.94. The summed E-state index contributed by atoms with van der Waals surface area (Å²) in [6.45, 7) is 2.52. The third kappa shape index (κ3) is 4.69. The molecule has 0 saturated heterocycles. The van der Waals surface area contributed by atoms with Crippen LogP contribution in [0.1, 0.15) is 35.4 Å². The quantitative estimate of drug-likeness (QED) is 0.896. The van der Waals surface area contributed by atoms with Gasteiger partial charge in [-0.25, -0.2) is 9.97 Å². The maximum absolute atomic E-state index is 12.6. The van der Waals surface area contributed by atoms with Crippen molar-refractivity contribution in [2.24, 2.45) is 0 Å². The Hall–Kier alpha value is -2.19. The Morgan fingerprint density at radius 3 is 2.43 bits per heavy atom. The van der Waals surface area contributed by atoms with E-state index >= 15 is 0 Å². The van der Waals surface area contributed by atoms with Gasteiger partial charge in [0.15, 0.2) is 0 Å². The molecule has 6 nitrogen and oxygen atoms in total. The zero-order valence-corrected chi connectivity index (χ0v) is 11.4. The highest BCUT2D eigenvalue weighted by Gasteiger charge is 2.36. The lowest BCUT2D eigenvalue weighted by molar-refractivity contribution is -0.145. The number of alkyl halides is 3. The number of nitrogens with zero attached hydrogens (tertiary/aromatic N) is 3. The molecule has 0 atom stereocenters. The Morgan fingerprint density at radius 1 is 1.33 bits per heavy atom. The zero-order chi connectivity index (χ0) is 16.2. The summed E-state index contributed by atoms with van der Waals surface area (Å²) in [4.78, 5) is 30.2. The first-order valence-electron chi connectivity index (χ1n) is 6.09. The Balaban J connectivity index is 3.15. The Bertz CT molecular complexity index is 546. The number of aliphatic carboxylic acids is 1. The molecule has 116 valence electrons. The van der Waals surface area contributed by atoms with E-state index in [9.17, 15) is 22.8 Å². The van der Waals surface area contributed by atoms with E-state index in [0.29, 0.717) is 6.42 Å². The molecule has 0 bridgehead atoms. The maximum Gasteiger partial charge on any atom is 0.451 e. The maximum atomic E-state index is 12.6. The number of hydrogen-bond donors (Lipinski definition) is 1. The number of halogens is 3. The van der Waals surface area contributed by atoms with Crippen molar-refractivity contribution in [2.45, 2.75) is 26.4 Å². The molecule has 0 aromatic carbocycles. The fourth-order valence-electron chi connectivity index (χ4n) is 1.65. The van der Waals surface area contributed by atoms with Crippen molar-refractivity contribution in [3.8, 4) is 0 Å². The molecule has 1 rings (SSSR count). The second kappa shape index (κ2) is 6.51. The van der Waals surface area contributed by atoms with Crippen LogP contribution in [0.2, 0.25) is 0 Å². The fourth-order valence-corrected chi connectivity index (χ4v) is 1.65. The molecule has 0 radical (unpaired) electrons. The number of hydrogen-bond acceptors (Lipinski definition) is 4. The van der Waals surface area contributed by atoms with E-state index in [1.807, 2.05) is 0 Å². The van der Waals surface area contributed by atoms with Crippen molar-refractivity contribution >= 4 is 11.9 Å². The van der Waals surface area contributed by atoms with Gasteiger partial charge < -0.3 is 10.0 Å². The van der Waals surface area contributed by atoms with E-state index < -0.39 is 36.1 Å². The molecule has 0 saturated carbocycles. The van der Waals surface area contributed by atoms with E-state index in [-0.39, 0.29) is 12.2 Å². The third-order valence-electron chi connectivity index (χ3n) is 2.43. The average molecular weight is 305 g/mol. The van der Waals surface area contributed by atoms with Gasteiger partial charge in [-0.1, -0.05) is 6.92 Å². The van der Waals surface area contributed by atoms with Crippen LogP contribution >= 0.6 is 0 Å². The lowest BCUT2D eigenvalue weighted by Gasteiger charge is -2.20. The Morgan fingerprint density at radius 2 is 1.95 bits per heavy atom. The molecule has 0 spiro atoms. The van der Waals surface area contributed by atoms with Gasteiger partial charge in [0, 0.05) is 12.2 Å². The van der Waals surface area contributed by atoms with Crippen molar-refractivity contribution in [3.05, 3.63) is 23.3 Å². The summed E-state index contributed by atoms with van der Waals surface area (Å²) in [5, 5.41) is 8.74. The van der Waals surface area contributed by atoms with Crippen molar-refractivity contribution in [2.75, 3.05) is 13.1 Å². The van der Waals surface area contributed by atoms with Gasteiger partial charge >= 0.3 is 12.1 Å². The van der Waals surface area contributed by atoms with Crippen LogP contribution in [0, 0.1) is 6.92 Å². The van der Waals surface area contributed by atoms with Crippen molar-refractivity contribution in [1.29, 1.82) is 0 Å². The summed E-state index contributed by atoms with van der Waals surface area (Å²) < 4.78 is 37.9. The van der Waals surface area contributed by atoms with Crippen LogP contribution < -0.4 is 0 Å². The van der Waals surface area contributed by atoms with E-state index in [0.717, 1.165) is 11.0 Å². The zero-order valence-electron chi connectivity index (χ0n) is 11.4. The lowest BCUT2D eigenvalue weighted by Crippen LogP contribution is -2.37. The molecule has 0 aliphatic rings. The van der Waals surface area contributed by atoms with Crippen molar-refractivity contribution in [3.63, 3.8) is 0 Å². The minimum atomic E-state index is -4.77. The summed E-state index contributed by atoms with van der Waals surface area (Å²) in [6, 6.07) is 1.10. The molecule has 0 aliphatic carbocycles. The minimum Gasteiger partial charge on any atom is -0.480 e. The molecule has 1 aromatic heterocycles. The molecule has 1 aromatic rings. The van der Waals surface area contributed by atoms with E-state index in [1.165, 1.54) is 6.92 Å². The number of carbonyl (C=O) groups excluding carboxylic acids is 1. The van der Waals surface area contributed by atoms with Crippen LogP contribution in [0.25, 0.3) is 0 Å². The topological polar surface area (TPSA) is 83.4 Å². The van der Waals surface area contributed by atoms with Crippen LogP contribution in [-0.2, 0) is 11.0 Å². The van der Waals surface area contributed by atoms with Crippen LogP contribution in [0.3, 0.4) is 0 Å². The SMILES string of the molecule is CCCN(CC(=O)O)C(=O)c1cc(C)nc(C(F)(F)F)n1. The van der Waals surface area contributed by atoms with Gasteiger partial charge in [0.05, 0.1) is 0 Å². The molecule has 9 heteroatoms. The molecular weight excluding hydrogens is 291 g/mol. The predicted molar refractivity (Wildman–Crippen MR) is 65.6 cm³/mol. The van der Waals surface area contributed by atoms with Gasteiger partial charge in [-0.2, -0.15) is 13.2 Å². The monoisotopic (exact) mass is 305 g/mol. The standard InChI is InChI=1S/C12H14F3N3O3/c1-3-4-18(6-9(19)20)10(21)8-5-7(2)16-11(17-8)12(13,14)15/h5H,3-4,6H2,1-2H3,(H,19,20). The predicted octanol–water partition coefficient (Wildman–Crippen LogP) is 1.74. The van der Waals surface area contributed by atoms with Crippen LogP contribution in [-0.4, -0.2) is 44.9 Å². The fraction of sp³-hybridized carbons (Fsp3) is 0.500. The largest absolute Gasteiger partial charge is 0.480 e. The van der Waals surface area contributed by atoms with Crippen molar-refractivity contribution in [1.82, 2.24) is 14.9 Å². The first-order valence-corrected chi connectivity index (χ1v) is 6.09. The summed E-state index contributed by atoms with van der Waals surface area (Å²) in [7, 11) is 0. The Kier molecular flexibility index (Phi) is 5.23. The summed E-state index contributed by atoms with van der Waals surface area (Å²) >= 11 is 0. The highest BCUT2D eigenvalue weighted by Crippen LogP contribution is 2.26. The van der Waals surface area contributed by atoms with Gasteiger partial charge in [-0.15, -0.1) is 0 Å². The normalized spacial score (nSPS) is 11.3. The number of carbonyl (C=O) groups is 2. The van der Waals surface area contributed by atoms with Gasteiger partial charge in [0.25, 0.3) is 5.91 Å². The number of aromatic nitrogens is 2. The average Bonchev–Trinajstić information content (AvgIpc) is 2.35. The second-order valence-corrected chi connectivity index (χ2v) is 4.34. The lowest BCUT2D eigenvalue weighted by atomic mass is 10.2. The first kappa shape index (κ1) is 16.9. The molecule has 1 amide bonds. The molecule has 0 aliphatic heterocycles. The highest BCUT2D eigenvalue weighted by atomic mass is 19.4. The van der Waals surface area contributed by atoms with Gasteiger partial charge in [0.1, 0.15) is 12.2 Å². The summed E-state index contributed by atoms with van der Waals surface area (Å²) in [6.07, 6.45) is -4.31. The van der Waals surface area contributed by atoms with E-state index in [1.54, 1.807) is 6.92 Å². The smallest absolute Gasteiger partial charge is 0.451 e. The van der Waals surface area contributed by atoms with Crippen LogP contribution in [0.4, 0.5) is 13.2 Å². The number of aryl methyl sites for hydroxylation is 1. The Labute approximate surface area is 118 Å². The number of carboxylic acids is 1. The van der Waals surface area contributed by atoms with Gasteiger partial charge in [-0.05, 0) is 19.4 Å². The van der Waals surface area contributed by atoms with Gasteiger partial charge in [0.2, 0.25) is 5.82 Å². The first-order chi connectivity index (χ1) is 9.65. The van der Waals surface area contributed by atoms with Crippen LogP contribution in [0.15, 0.2) is 6.07 Å². The summed E-state index contributed by atoms with van der Waals surface area (Å²) in [5.41, 5.74) is -0.489. The number of rotatable bonds is 5.